The van der Waals surface area contributed by atoms with Crippen LogP contribution in [0.4, 0.5) is 0 Å². The maximum absolute atomic E-state index is 11.6. The van der Waals surface area contributed by atoms with E-state index in [-0.39, 0.29) is 30.8 Å². The highest BCUT2D eigenvalue weighted by Crippen LogP contribution is 2.10. The van der Waals surface area contributed by atoms with Crippen molar-refractivity contribution in [3.05, 3.63) is 0 Å². The van der Waals surface area contributed by atoms with Crippen LogP contribution in [0.1, 0.15) is 39.5 Å². The first-order chi connectivity index (χ1) is 8.38. The van der Waals surface area contributed by atoms with Crippen LogP contribution in [0, 0.1) is 0 Å². The summed E-state index contributed by atoms with van der Waals surface area (Å²) in [5.74, 6) is -0.137. The lowest BCUT2D eigenvalue weighted by molar-refractivity contribution is -0.123. The highest BCUT2D eigenvalue weighted by Gasteiger charge is 2.18. The molecule has 4 unspecified atom stereocenters. The van der Waals surface area contributed by atoms with Crippen molar-refractivity contribution in [1.29, 1.82) is 0 Å². The van der Waals surface area contributed by atoms with E-state index in [1.807, 2.05) is 13.8 Å². The van der Waals surface area contributed by atoms with Crippen molar-refractivity contribution in [3.8, 4) is 0 Å². The van der Waals surface area contributed by atoms with Crippen molar-refractivity contribution in [1.82, 2.24) is 0 Å². The van der Waals surface area contributed by atoms with Crippen LogP contribution in [-0.2, 0) is 14.3 Å². The van der Waals surface area contributed by atoms with E-state index in [4.69, 9.17) is 9.47 Å². The van der Waals surface area contributed by atoms with Gasteiger partial charge in [-0.1, -0.05) is 0 Å². The van der Waals surface area contributed by atoms with Gasteiger partial charge in [0, 0.05) is 27.1 Å². The summed E-state index contributed by atoms with van der Waals surface area (Å²) in [6.07, 6.45) is -0.603. The minimum atomic E-state index is -0.709. The number of hydrogen-bond donors (Lipinski definition) is 2. The van der Waals surface area contributed by atoms with E-state index in [1.54, 1.807) is 14.2 Å². The molecule has 4 atom stereocenters. The van der Waals surface area contributed by atoms with Crippen molar-refractivity contribution in [3.63, 3.8) is 0 Å². The van der Waals surface area contributed by atoms with Gasteiger partial charge in [0.05, 0.1) is 24.4 Å². The Morgan fingerprint density at radius 1 is 0.944 bits per heavy atom. The van der Waals surface area contributed by atoms with E-state index in [2.05, 4.69) is 0 Å². The fraction of sp³-hybridized carbons (Fsp3) is 0.923. The van der Waals surface area contributed by atoms with Gasteiger partial charge in [-0.2, -0.15) is 0 Å². The molecule has 5 nitrogen and oxygen atoms in total. The average molecular weight is 262 g/mol. The van der Waals surface area contributed by atoms with Gasteiger partial charge in [-0.25, -0.2) is 0 Å². The van der Waals surface area contributed by atoms with Gasteiger partial charge in [-0.3, -0.25) is 4.79 Å². The van der Waals surface area contributed by atoms with Gasteiger partial charge in [-0.05, 0) is 26.7 Å². The molecule has 0 rings (SSSR count). The Kier molecular flexibility index (Phi) is 9.18. The molecule has 0 bridgehead atoms. The molecule has 0 amide bonds. The smallest absolute Gasteiger partial charge is 0.138 e. The van der Waals surface area contributed by atoms with E-state index in [0.29, 0.717) is 12.8 Å². The van der Waals surface area contributed by atoms with Crippen LogP contribution in [0.3, 0.4) is 0 Å². The summed E-state index contributed by atoms with van der Waals surface area (Å²) < 4.78 is 10.0. The first kappa shape index (κ1) is 17.5. The third-order valence-electron chi connectivity index (χ3n) is 2.94. The maximum atomic E-state index is 11.6. The quantitative estimate of drug-likeness (QED) is 0.612. The van der Waals surface area contributed by atoms with E-state index in [0.717, 1.165) is 0 Å². The van der Waals surface area contributed by atoms with E-state index in [9.17, 15) is 15.0 Å². The molecule has 0 aromatic rings. The van der Waals surface area contributed by atoms with Crippen molar-refractivity contribution in [2.24, 2.45) is 0 Å². The van der Waals surface area contributed by atoms with Gasteiger partial charge in [0.25, 0.3) is 0 Å². The molecule has 0 aliphatic heterocycles. The summed E-state index contributed by atoms with van der Waals surface area (Å²) in [6, 6.07) is 0. The third-order valence-corrected chi connectivity index (χ3v) is 2.94. The number of Topliss-reactive ketones (excluding diaryl/α,β-unsaturated/α-hetero) is 1. The Hall–Kier alpha value is -0.490. The molecule has 108 valence electrons. The van der Waals surface area contributed by atoms with Gasteiger partial charge < -0.3 is 19.7 Å². The van der Waals surface area contributed by atoms with Crippen LogP contribution < -0.4 is 0 Å². The molecular weight excluding hydrogens is 236 g/mol. The first-order valence-corrected chi connectivity index (χ1v) is 6.32. The summed E-state index contributed by atoms with van der Waals surface area (Å²) in [7, 11) is 3.13. The number of aliphatic hydroxyl groups is 2. The molecule has 0 fully saturated rings. The number of ketones is 1. The molecule has 0 aliphatic rings. The second-order valence-corrected chi connectivity index (χ2v) is 4.82. The van der Waals surface area contributed by atoms with Gasteiger partial charge in [-0.15, -0.1) is 0 Å². The fourth-order valence-corrected chi connectivity index (χ4v) is 1.73. The molecule has 5 heteroatoms. The van der Waals surface area contributed by atoms with Crippen molar-refractivity contribution in [2.75, 3.05) is 14.2 Å². The van der Waals surface area contributed by atoms with Gasteiger partial charge >= 0.3 is 0 Å². The molecule has 0 saturated carbocycles. The van der Waals surface area contributed by atoms with E-state index < -0.39 is 12.2 Å². The molecule has 0 aromatic carbocycles. The minimum Gasteiger partial charge on any atom is -0.393 e. The Morgan fingerprint density at radius 2 is 1.28 bits per heavy atom. The van der Waals surface area contributed by atoms with Crippen molar-refractivity contribution < 1.29 is 24.5 Å². The Labute approximate surface area is 109 Å². The number of methoxy groups -OCH3 is 2. The minimum absolute atomic E-state index is 0.0616. The Balaban J connectivity index is 3.88. The lowest BCUT2D eigenvalue weighted by Crippen LogP contribution is -2.24. The maximum Gasteiger partial charge on any atom is 0.138 e. The molecule has 2 N–H and O–H groups in total. The van der Waals surface area contributed by atoms with Gasteiger partial charge in [0.1, 0.15) is 5.78 Å². The standard InChI is InChI=1S/C13H26O5/c1-9(17-3)5-11(14)7-13(16)8-12(15)6-10(2)18-4/h9-12,14-15H,5-8H2,1-4H3. The summed E-state index contributed by atoms with van der Waals surface area (Å²) in [6.45, 7) is 3.67. The highest BCUT2D eigenvalue weighted by atomic mass is 16.5. The predicted octanol–water partition coefficient (Wildman–Crippen LogP) is 0.907. The number of rotatable bonds is 10. The topological polar surface area (TPSA) is 76.0 Å². The van der Waals surface area contributed by atoms with Crippen LogP contribution in [0.25, 0.3) is 0 Å². The molecule has 0 aromatic heterocycles. The zero-order valence-corrected chi connectivity index (χ0v) is 11.8. The monoisotopic (exact) mass is 262 g/mol. The third kappa shape index (κ3) is 8.58. The van der Waals surface area contributed by atoms with Crippen molar-refractivity contribution >= 4 is 5.78 Å². The fourth-order valence-electron chi connectivity index (χ4n) is 1.73. The second kappa shape index (κ2) is 9.44. The lowest BCUT2D eigenvalue weighted by atomic mass is 10.0. The summed E-state index contributed by atoms with van der Waals surface area (Å²) in [5.41, 5.74) is 0. The average Bonchev–Trinajstić information content (AvgIpc) is 2.27. The zero-order chi connectivity index (χ0) is 14.1. The molecular formula is C13H26O5. The number of aliphatic hydroxyl groups excluding tert-OH is 2. The molecule has 18 heavy (non-hydrogen) atoms. The Bertz CT molecular complexity index is 209. The van der Waals surface area contributed by atoms with Gasteiger partial charge in [0.2, 0.25) is 0 Å². The molecule has 0 aliphatic carbocycles. The first-order valence-electron chi connectivity index (χ1n) is 6.32. The zero-order valence-electron chi connectivity index (χ0n) is 11.8. The lowest BCUT2D eigenvalue weighted by Gasteiger charge is -2.17. The highest BCUT2D eigenvalue weighted by molar-refractivity contribution is 5.79. The molecule has 0 heterocycles. The summed E-state index contributed by atoms with van der Waals surface area (Å²) >= 11 is 0. The number of ether oxygens (including phenoxy) is 2. The summed E-state index contributed by atoms with van der Waals surface area (Å²) in [4.78, 5) is 11.6. The normalized spacial score (nSPS) is 18.1. The van der Waals surface area contributed by atoms with Crippen LogP contribution in [0.2, 0.25) is 0 Å². The van der Waals surface area contributed by atoms with Crippen LogP contribution in [-0.4, -0.2) is 54.6 Å². The predicted molar refractivity (Wildman–Crippen MR) is 68.4 cm³/mol. The number of carbonyl (C=O) groups is 1. The van der Waals surface area contributed by atoms with E-state index >= 15 is 0 Å². The van der Waals surface area contributed by atoms with E-state index in [1.165, 1.54) is 0 Å². The van der Waals surface area contributed by atoms with Crippen molar-refractivity contribution in [2.45, 2.75) is 63.9 Å². The van der Waals surface area contributed by atoms with Crippen LogP contribution >= 0.6 is 0 Å². The van der Waals surface area contributed by atoms with Gasteiger partial charge in [0.15, 0.2) is 0 Å². The largest absolute Gasteiger partial charge is 0.393 e. The van der Waals surface area contributed by atoms with Crippen LogP contribution in [0.5, 0.6) is 0 Å². The second-order valence-electron chi connectivity index (χ2n) is 4.82. The number of hydrogen-bond acceptors (Lipinski definition) is 5. The summed E-state index contributed by atoms with van der Waals surface area (Å²) in [5, 5.41) is 19.3. The SMILES string of the molecule is COC(C)CC(O)CC(=O)CC(O)CC(C)OC. The van der Waals surface area contributed by atoms with Crippen LogP contribution in [0.15, 0.2) is 0 Å². The molecule has 0 saturated heterocycles. The molecule has 0 radical (unpaired) electrons. The number of carbonyl (C=O) groups excluding carboxylic acids is 1. The Morgan fingerprint density at radius 3 is 1.56 bits per heavy atom. The molecule has 0 spiro atoms.